The summed E-state index contributed by atoms with van der Waals surface area (Å²) in [6, 6.07) is 12.2. The van der Waals surface area contributed by atoms with Crippen molar-refractivity contribution in [1.82, 2.24) is 0 Å². The van der Waals surface area contributed by atoms with E-state index in [-0.39, 0.29) is 0 Å². The van der Waals surface area contributed by atoms with Crippen LogP contribution in [0.4, 0.5) is 5.69 Å². The zero-order chi connectivity index (χ0) is 11.2. The molecule has 0 atom stereocenters. The number of thioether (sulfide) groups is 1. The highest BCUT2D eigenvalue weighted by atomic mass is 32.2. The van der Waals surface area contributed by atoms with E-state index in [4.69, 9.17) is 4.42 Å². The van der Waals surface area contributed by atoms with Crippen molar-refractivity contribution >= 4 is 17.4 Å². The molecule has 0 saturated carbocycles. The van der Waals surface area contributed by atoms with E-state index < -0.39 is 0 Å². The molecule has 0 aliphatic carbocycles. The van der Waals surface area contributed by atoms with Gasteiger partial charge in [-0.1, -0.05) is 19.1 Å². The van der Waals surface area contributed by atoms with E-state index in [1.165, 1.54) is 10.6 Å². The van der Waals surface area contributed by atoms with Crippen LogP contribution in [0.5, 0.6) is 0 Å². The van der Waals surface area contributed by atoms with E-state index in [9.17, 15) is 0 Å². The SMILES string of the molecule is CCSc1ccccc1NCc1ccco1. The molecule has 0 saturated heterocycles. The highest BCUT2D eigenvalue weighted by Gasteiger charge is 2.01. The van der Waals surface area contributed by atoms with Gasteiger partial charge in [0.1, 0.15) is 5.76 Å². The monoisotopic (exact) mass is 233 g/mol. The van der Waals surface area contributed by atoms with Crippen LogP contribution in [0, 0.1) is 0 Å². The minimum Gasteiger partial charge on any atom is -0.467 e. The minimum atomic E-state index is 0.730. The maximum atomic E-state index is 5.29. The Hall–Kier alpha value is -1.35. The lowest BCUT2D eigenvalue weighted by Gasteiger charge is -2.09. The lowest BCUT2D eigenvalue weighted by Crippen LogP contribution is -1.99. The second-order valence-corrected chi connectivity index (χ2v) is 4.67. The zero-order valence-corrected chi connectivity index (χ0v) is 10.1. The van der Waals surface area contributed by atoms with Gasteiger partial charge in [0.05, 0.1) is 12.8 Å². The molecule has 3 heteroatoms. The number of rotatable bonds is 5. The Labute approximate surface area is 100 Å². The van der Waals surface area contributed by atoms with Gasteiger partial charge in [-0.05, 0) is 30.0 Å². The summed E-state index contributed by atoms with van der Waals surface area (Å²) in [4.78, 5) is 1.29. The van der Waals surface area contributed by atoms with Gasteiger partial charge in [0.2, 0.25) is 0 Å². The van der Waals surface area contributed by atoms with Crippen molar-refractivity contribution in [2.75, 3.05) is 11.1 Å². The number of nitrogens with one attached hydrogen (secondary N) is 1. The topological polar surface area (TPSA) is 25.2 Å². The molecule has 0 aliphatic heterocycles. The standard InChI is InChI=1S/C13H15NOS/c1-2-16-13-8-4-3-7-12(13)14-10-11-6-5-9-15-11/h3-9,14H,2,10H2,1H3. The highest BCUT2D eigenvalue weighted by Crippen LogP contribution is 2.26. The fourth-order valence-corrected chi connectivity index (χ4v) is 2.27. The average Bonchev–Trinajstić information content (AvgIpc) is 2.81. The predicted molar refractivity (Wildman–Crippen MR) is 68.9 cm³/mol. The zero-order valence-electron chi connectivity index (χ0n) is 9.27. The second-order valence-electron chi connectivity index (χ2n) is 3.36. The van der Waals surface area contributed by atoms with Gasteiger partial charge in [0.15, 0.2) is 0 Å². The summed E-state index contributed by atoms with van der Waals surface area (Å²) in [5.41, 5.74) is 1.17. The van der Waals surface area contributed by atoms with E-state index in [1.807, 2.05) is 30.0 Å². The molecule has 2 aromatic rings. The summed E-state index contributed by atoms with van der Waals surface area (Å²) >= 11 is 1.85. The average molecular weight is 233 g/mol. The van der Waals surface area contributed by atoms with Crippen LogP contribution in [0.2, 0.25) is 0 Å². The van der Waals surface area contributed by atoms with Crippen molar-refractivity contribution in [1.29, 1.82) is 0 Å². The van der Waals surface area contributed by atoms with Crippen LogP contribution in [0.15, 0.2) is 52.0 Å². The molecule has 2 nitrogen and oxygen atoms in total. The number of benzene rings is 1. The van der Waals surface area contributed by atoms with Gasteiger partial charge in [-0.15, -0.1) is 11.8 Å². The van der Waals surface area contributed by atoms with Crippen LogP contribution in [0.1, 0.15) is 12.7 Å². The molecule has 1 N–H and O–H groups in total. The predicted octanol–water partition coefficient (Wildman–Crippen LogP) is 4.00. The molecular weight excluding hydrogens is 218 g/mol. The van der Waals surface area contributed by atoms with Crippen LogP contribution in [-0.2, 0) is 6.54 Å². The van der Waals surface area contributed by atoms with E-state index in [1.54, 1.807) is 6.26 Å². The van der Waals surface area contributed by atoms with Crippen LogP contribution < -0.4 is 5.32 Å². The van der Waals surface area contributed by atoms with Gasteiger partial charge in [-0.2, -0.15) is 0 Å². The molecule has 16 heavy (non-hydrogen) atoms. The van der Waals surface area contributed by atoms with Crippen molar-refractivity contribution in [3.63, 3.8) is 0 Å². The van der Waals surface area contributed by atoms with E-state index >= 15 is 0 Å². The summed E-state index contributed by atoms with van der Waals surface area (Å²) in [5.74, 6) is 2.04. The number of anilines is 1. The number of hydrogen-bond donors (Lipinski definition) is 1. The first kappa shape index (κ1) is 11.1. The summed E-state index contributed by atoms with van der Waals surface area (Å²) in [6.45, 7) is 2.89. The van der Waals surface area contributed by atoms with Gasteiger partial charge in [0, 0.05) is 10.6 Å². The van der Waals surface area contributed by atoms with Crippen molar-refractivity contribution in [2.24, 2.45) is 0 Å². The van der Waals surface area contributed by atoms with E-state index in [0.717, 1.165) is 18.1 Å². The molecule has 0 aliphatic rings. The molecule has 0 amide bonds. The van der Waals surface area contributed by atoms with Gasteiger partial charge in [0.25, 0.3) is 0 Å². The van der Waals surface area contributed by atoms with Crippen LogP contribution >= 0.6 is 11.8 Å². The second kappa shape index (κ2) is 5.66. The first-order chi connectivity index (χ1) is 7.90. The number of hydrogen-bond acceptors (Lipinski definition) is 3. The van der Waals surface area contributed by atoms with Crippen molar-refractivity contribution in [3.05, 3.63) is 48.4 Å². The molecule has 0 fully saturated rings. The van der Waals surface area contributed by atoms with E-state index in [2.05, 4.69) is 30.4 Å². The number of furan rings is 1. The van der Waals surface area contributed by atoms with Crippen LogP contribution in [0.25, 0.3) is 0 Å². The Morgan fingerprint density at radius 1 is 1.19 bits per heavy atom. The molecule has 2 rings (SSSR count). The normalized spacial score (nSPS) is 10.3. The van der Waals surface area contributed by atoms with Gasteiger partial charge in [-0.25, -0.2) is 0 Å². The lowest BCUT2D eigenvalue weighted by atomic mass is 10.3. The van der Waals surface area contributed by atoms with Crippen molar-refractivity contribution < 1.29 is 4.42 Å². The molecule has 0 bridgehead atoms. The Kier molecular flexibility index (Phi) is 3.94. The first-order valence-electron chi connectivity index (χ1n) is 5.38. The first-order valence-corrected chi connectivity index (χ1v) is 6.37. The summed E-state index contributed by atoms with van der Waals surface area (Å²) < 4.78 is 5.29. The highest BCUT2D eigenvalue weighted by molar-refractivity contribution is 7.99. The third-order valence-electron chi connectivity index (χ3n) is 2.22. The quantitative estimate of drug-likeness (QED) is 0.790. The fraction of sp³-hybridized carbons (Fsp3) is 0.231. The third kappa shape index (κ3) is 2.83. The summed E-state index contributed by atoms with van der Waals surface area (Å²) in [6.07, 6.45) is 1.70. The Balaban J connectivity index is 2.03. The minimum absolute atomic E-state index is 0.730. The van der Waals surface area contributed by atoms with Crippen LogP contribution in [0.3, 0.4) is 0 Å². The Bertz CT molecular complexity index is 425. The smallest absolute Gasteiger partial charge is 0.122 e. The molecule has 0 unspecified atom stereocenters. The van der Waals surface area contributed by atoms with Gasteiger partial charge >= 0.3 is 0 Å². The van der Waals surface area contributed by atoms with Crippen LogP contribution in [-0.4, -0.2) is 5.75 Å². The van der Waals surface area contributed by atoms with Gasteiger partial charge < -0.3 is 9.73 Å². The molecule has 1 aromatic carbocycles. The Morgan fingerprint density at radius 3 is 2.81 bits per heavy atom. The molecule has 0 spiro atoms. The number of para-hydroxylation sites is 1. The van der Waals surface area contributed by atoms with Crippen molar-refractivity contribution in [2.45, 2.75) is 18.4 Å². The molecule has 0 radical (unpaired) electrons. The molecular formula is C13H15NOS. The fourth-order valence-electron chi connectivity index (χ4n) is 1.49. The third-order valence-corrected chi connectivity index (χ3v) is 3.18. The maximum absolute atomic E-state index is 5.29. The maximum Gasteiger partial charge on any atom is 0.122 e. The molecule has 1 aromatic heterocycles. The lowest BCUT2D eigenvalue weighted by molar-refractivity contribution is 0.518. The summed E-state index contributed by atoms with van der Waals surface area (Å²) in [7, 11) is 0. The van der Waals surface area contributed by atoms with E-state index in [0.29, 0.717) is 0 Å². The summed E-state index contributed by atoms with van der Waals surface area (Å²) in [5, 5.41) is 3.39. The largest absolute Gasteiger partial charge is 0.467 e. The molecule has 84 valence electrons. The van der Waals surface area contributed by atoms with Crippen molar-refractivity contribution in [3.8, 4) is 0 Å². The van der Waals surface area contributed by atoms with Gasteiger partial charge in [-0.3, -0.25) is 0 Å². The Morgan fingerprint density at radius 2 is 2.06 bits per heavy atom. The molecule has 1 heterocycles.